The van der Waals surface area contributed by atoms with Crippen LogP contribution in [-0.4, -0.2) is 35.0 Å². The first-order valence-corrected chi connectivity index (χ1v) is 9.85. The van der Waals surface area contributed by atoms with Crippen LogP contribution in [0.3, 0.4) is 0 Å². The lowest BCUT2D eigenvalue weighted by molar-refractivity contribution is -0.000467. The number of carbonyl (C=O) groups is 1. The number of benzene rings is 2. The summed E-state index contributed by atoms with van der Waals surface area (Å²) in [6.45, 7) is 1.88. The molecule has 4 rings (SSSR count). The first-order valence-electron chi connectivity index (χ1n) is 9.85. The summed E-state index contributed by atoms with van der Waals surface area (Å²) >= 11 is 0. The molecule has 2 aromatic carbocycles. The van der Waals surface area contributed by atoms with E-state index < -0.39 is 0 Å². The molecule has 1 aliphatic heterocycles. The maximum atomic E-state index is 13.5. The number of halogens is 1. The Kier molecular flexibility index (Phi) is 5.96. The van der Waals surface area contributed by atoms with Crippen LogP contribution in [0, 0.1) is 5.82 Å². The van der Waals surface area contributed by atoms with Crippen molar-refractivity contribution in [3.63, 3.8) is 0 Å². The highest BCUT2D eigenvalue weighted by Gasteiger charge is 2.24. The Morgan fingerprint density at radius 3 is 2.52 bits per heavy atom. The van der Waals surface area contributed by atoms with E-state index in [1.165, 1.54) is 12.1 Å². The molecule has 29 heavy (non-hydrogen) atoms. The number of hydrogen-bond donors (Lipinski definition) is 0. The van der Waals surface area contributed by atoms with Crippen LogP contribution in [0.25, 0.3) is 11.1 Å². The Hall–Kier alpha value is -3.05. The highest BCUT2D eigenvalue weighted by Crippen LogP contribution is 2.23. The zero-order valence-electron chi connectivity index (χ0n) is 16.1. The van der Waals surface area contributed by atoms with Crippen molar-refractivity contribution >= 4 is 5.91 Å². The normalized spacial score (nSPS) is 14.7. The highest BCUT2D eigenvalue weighted by molar-refractivity contribution is 5.95. The van der Waals surface area contributed by atoms with E-state index in [1.807, 2.05) is 53.6 Å². The molecule has 0 radical (unpaired) electrons. The second-order valence-electron chi connectivity index (χ2n) is 7.25. The third-order valence-corrected chi connectivity index (χ3v) is 5.21. The molecule has 1 fully saturated rings. The number of carbonyl (C=O) groups excluding carboxylic acids is 1. The van der Waals surface area contributed by atoms with E-state index in [0.717, 1.165) is 29.5 Å². The van der Waals surface area contributed by atoms with Crippen molar-refractivity contribution in [2.45, 2.75) is 25.6 Å². The summed E-state index contributed by atoms with van der Waals surface area (Å²) in [5.41, 5.74) is 3.29. The lowest BCUT2D eigenvalue weighted by Gasteiger charge is -2.32. The third-order valence-electron chi connectivity index (χ3n) is 5.21. The van der Waals surface area contributed by atoms with Gasteiger partial charge in [-0.2, -0.15) is 0 Å². The number of nitrogens with zero attached hydrogens (tertiary/aromatic N) is 2. The molecule has 0 bridgehead atoms. The Bertz CT molecular complexity index is 969. The molecule has 2 heterocycles. The molecular formula is C24H23FN2O2. The first kappa shape index (κ1) is 19.3. The van der Waals surface area contributed by atoms with Crippen molar-refractivity contribution in [2.24, 2.45) is 0 Å². The quantitative estimate of drug-likeness (QED) is 0.634. The van der Waals surface area contributed by atoms with Crippen molar-refractivity contribution < 1.29 is 13.9 Å². The SMILES string of the molecule is O=C(c1cccc(-c2cccc(F)c2)c1)N1CCC(OCc2cccnc2)CC1. The van der Waals surface area contributed by atoms with Gasteiger partial charge < -0.3 is 9.64 Å². The monoisotopic (exact) mass is 390 g/mol. The van der Waals surface area contributed by atoms with Crippen LogP contribution in [0.5, 0.6) is 0 Å². The van der Waals surface area contributed by atoms with Gasteiger partial charge in [-0.15, -0.1) is 0 Å². The molecule has 0 saturated carbocycles. The summed E-state index contributed by atoms with van der Waals surface area (Å²) in [5, 5.41) is 0. The molecule has 3 aromatic rings. The minimum Gasteiger partial charge on any atom is -0.373 e. The van der Waals surface area contributed by atoms with Crippen LogP contribution in [0.15, 0.2) is 73.1 Å². The summed E-state index contributed by atoms with van der Waals surface area (Å²) in [6.07, 6.45) is 5.34. The number of pyridine rings is 1. The number of rotatable bonds is 5. The van der Waals surface area contributed by atoms with Crippen molar-refractivity contribution in [1.82, 2.24) is 9.88 Å². The molecule has 0 aliphatic carbocycles. The molecule has 1 aliphatic rings. The van der Waals surface area contributed by atoms with Gasteiger partial charge in [-0.1, -0.05) is 30.3 Å². The lowest BCUT2D eigenvalue weighted by atomic mass is 10.0. The van der Waals surface area contributed by atoms with Gasteiger partial charge in [0.2, 0.25) is 0 Å². The predicted octanol–water partition coefficient (Wildman–Crippen LogP) is 4.71. The zero-order valence-corrected chi connectivity index (χ0v) is 16.1. The van der Waals surface area contributed by atoms with E-state index in [4.69, 9.17) is 4.74 Å². The van der Waals surface area contributed by atoms with Crippen LogP contribution in [-0.2, 0) is 11.3 Å². The lowest BCUT2D eigenvalue weighted by Crippen LogP contribution is -2.40. The number of ether oxygens (including phenoxy) is 1. The van der Waals surface area contributed by atoms with Gasteiger partial charge in [0.05, 0.1) is 12.7 Å². The Balaban J connectivity index is 1.35. The molecule has 0 N–H and O–H groups in total. The topological polar surface area (TPSA) is 42.4 Å². The van der Waals surface area contributed by atoms with Crippen LogP contribution in [0.2, 0.25) is 0 Å². The molecular weight excluding hydrogens is 367 g/mol. The van der Waals surface area contributed by atoms with Gasteiger partial charge in [0.25, 0.3) is 5.91 Å². The minimum absolute atomic E-state index is 0.00830. The van der Waals surface area contributed by atoms with Crippen molar-refractivity contribution in [1.29, 1.82) is 0 Å². The molecule has 5 heteroatoms. The van der Waals surface area contributed by atoms with Crippen molar-refractivity contribution in [2.75, 3.05) is 13.1 Å². The number of likely N-dealkylation sites (tertiary alicyclic amines) is 1. The summed E-state index contributed by atoms with van der Waals surface area (Å²) in [4.78, 5) is 18.9. The number of hydrogen-bond acceptors (Lipinski definition) is 3. The van der Waals surface area contributed by atoms with Gasteiger partial charge in [-0.05, 0) is 59.9 Å². The van der Waals surface area contributed by atoms with Crippen LogP contribution in [0.4, 0.5) is 4.39 Å². The standard InChI is InChI=1S/C24H23FN2O2/c25-22-8-2-6-20(15-22)19-5-1-7-21(14-19)24(28)27-12-9-23(10-13-27)29-17-18-4-3-11-26-16-18/h1-8,11,14-16,23H,9-10,12-13,17H2. The number of amides is 1. The summed E-state index contributed by atoms with van der Waals surface area (Å²) < 4.78 is 19.5. The fraction of sp³-hybridized carbons (Fsp3) is 0.250. The Morgan fingerprint density at radius 2 is 1.79 bits per heavy atom. The van der Waals surface area contributed by atoms with Gasteiger partial charge in [0.1, 0.15) is 5.82 Å². The first-order chi connectivity index (χ1) is 14.2. The number of piperidine rings is 1. The largest absolute Gasteiger partial charge is 0.373 e. The second-order valence-corrected chi connectivity index (χ2v) is 7.25. The van der Waals surface area contributed by atoms with E-state index in [2.05, 4.69) is 4.98 Å². The highest BCUT2D eigenvalue weighted by atomic mass is 19.1. The summed E-state index contributed by atoms with van der Waals surface area (Å²) in [6, 6.07) is 17.7. The average molecular weight is 390 g/mol. The van der Waals surface area contributed by atoms with Crippen LogP contribution < -0.4 is 0 Å². The van der Waals surface area contributed by atoms with Gasteiger partial charge in [-0.3, -0.25) is 9.78 Å². The van der Waals surface area contributed by atoms with Gasteiger partial charge in [0, 0.05) is 31.0 Å². The van der Waals surface area contributed by atoms with Crippen LogP contribution >= 0.6 is 0 Å². The fourth-order valence-electron chi connectivity index (χ4n) is 3.61. The van der Waals surface area contributed by atoms with E-state index >= 15 is 0 Å². The Labute approximate surface area is 170 Å². The van der Waals surface area contributed by atoms with Crippen molar-refractivity contribution in [3.8, 4) is 11.1 Å². The maximum Gasteiger partial charge on any atom is 0.253 e. The zero-order chi connectivity index (χ0) is 20.1. The smallest absolute Gasteiger partial charge is 0.253 e. The summed E-state index contributed by atoms with van der Waals surface area (Å²) in [7, 11) is 0. The Morgan fingerprint density at radius 1 is 1.03 bits per heavy atom. The van der Waals surface area contributed by atoms with E-state index in [-0.39, 0.29) is 17.8 Å². The minimum atomic E-state index is -0.285. The fourth-order valence-corrected chi connectivity index (χ4v) is 3.61. The second kappa shape index (κ2) is 8.97. The van der Waals surface area contributed by atoms with E-state index in [1.54, 1.807) is 12.3 Å². The molecule has 148 valence electrons. The van der Waals surface area contributed by atoms with E-state index in [9.17, 15) is 9.18 Å². The summed E-state index contributed by atoms with van der Waals surface area (Å²) in [5.74, 6) is -0.276. The van der Waals surface area contributed by atoms with Gasteiger partial charge in [-0.25, -0.2) is 4.39 Å². The third kappa shape index (κ3) is 4.87. The van der Waals surface area contributed by atoms with Gasteiger partial charge >= 0.3 is 0 Å². The van der Waals surface area contributed by atoms with E-state index in [0.29, 0.717) is 25.3 Å². The predicted molar refractivity (Wildman–Crippen MR) is 110 cm³/mol. The number of aromatic nitrogens is 1. The average Bonchev–Trinajstić information content (AvgIpc) is 2.78. The molecule has 4 nitrogen and oxygen atoms in total. The molecule has 1 aromatic heterocycles. The van der Waals surface area contributed by atoms with Gasteiger partial charge in [0.15, 0.2) is 0 Å². The molecule has 1 saturated heterocycles. The molecule has 0 unspecified atom stereocenters. The molecule has 0 atom stereocenters. The van der Waals surface area contributed by atoms with Crippen LogP contribution in [0.1, 0.15) is 28.8 Å². The molecule has 1 amide bonds. The molecule has 0 spiro atoms. The maximum absolute atomic E-state index is 13.5. The van der Waals surface area contributed by atoms with Crippen molar-refractivity contribution in [3.05, 3.63) is 90.0 Å².